The van der Waals surface area contributed by atoms with Crippen LogP contribution in [0.5, 0.6) is 5.75 Å². The molecule has 2 unspecified atom stereocenters. The summed E-state index contributed by atoms with van der Waals surface area (Å²) < 4.78 is 16.1. The van der Waals surface area contributed by atoms with E-state index >= 15 is 0 Å². The van der Waals surface area contributed by atoms with Crippen molar-refractivity contribution < 1.29 is 28.6 Å². The van der Waals surface area contributed by atoms with E-state index in [1.807, 2.05) is 0 Å². The van der Waals surface area contributed by atoms with Crippen LogP contribution in [0, 0.1) is 11.3 Å². The van der Waals surface area contributed by atoms with Crippen molar-refractivity contribution in [2.75, 3.05) is 13.3 Å². The van der Waals surface area contributed by atoms with Crippen LogP contribution in [-0.2, 0) is 32.3 Å². The molecule has 2 heterocycles. The molecule has 3 amide bonds. The standard InChI is InChI=1S/C22H27ClN2O6/c1-13-6-21(2,3)11-22(7-13)19(27)25(20(28)24-22)8-17(26)30-10-15-5-16(23)4-14-9-29-12-31-18(14)15/h4-5,13H,6-12H2,1-3H3,(H,24,28). The largest absolute Gasteiger partial charge is 0.467 e. The van der Waals surface area contributed by atoms with Crippen molar-refractivity contribution in [2.45, 2.75) is 58.8 Å². The Labute approximate surface area is 186 Å². The van der Waals surface area contributed by atoms with E-state index in [1.54, 1.807) is 12.1 Å². The molecule has 1 aromatic carbocycles. The quantitative estimate of drug-likeness (QED) is 0.558. The second-order valence-corrected chi connectivity index (χ2v) is 10.0. The number of hydrogen-bond donors (Lipinski definition) is 1. The van der Waals surface area contributed by atoms with E-state index in [1.165, 1.54) is 0 Å². The lowest BCUT2D eigenvalue weighted by atomic mass is 9.64. The molecule has 3 aliphatic rings. The Kier molecular flexibility index (Phi) is 5.64. The molecule has 31 heavy (non-hydrogen) atoms. The molecular weight excluding hydrogens is 424 g/mol. The maximum absolute atomic E-state index is 13.2. The van der Waals surface area contributed by atoms with Crippen LogP contribution in [0.25, 0.3) is 0 Å². The SMILES string of the molecule is CC1CC(C)(C)CC2(C1)NC(=O)N(CC(=O)OCc1cc(Cl)cc3c1OCOC3)C2=O. The van der Waals surface area contributed by atoms with Gasteiger partial charge in [-0.15, -0.1) is 0 Å². The van der Waals surface area contributed by atoms with Crippen LogP contribution in [0.4, 0.5) is 4.79 Å². The molecule has 1 spiro atoms. The topological polar surface area (TPSA) is 94.2 Å². The highest BCUT2D eigenvalue weighted by Crippen LogP contribution is 2.46. The smallest absolute Gasteiger partial charge is 0.326 e. The number of nitrogens with one attached hydrogen (secondary N) is 1. The van der Waals surface area contributed by atoms with E-state index in [4.69, 9.17) is 25.8 Å². The molecule has 2 aliphatic heterocycles. The number of imide groups is 1. The van der Waals surface area contributed by atoms with Gasteiger partial charge in [0.1, 0.15) is 24.4 Å². The third-order valence-electron chi connectivity index (χ3n) is 6.05. The van der Waals surface area contributed by atoms with Crippen LogP contribution in [-0.4, -0.2) is 41.7 Å². The van der Waals surface area contributed by atoms with Crippen molar-refractivity contribution in [1.82, 2.24) is 10.2 Å². The van der Waals surface area contributed by atoms with Gasteiger partial charge < -0.3 is 19.5 Å². The lowest BCUT2D eigenvalue weighted by Gasteiger charge is -2.43. The molecule has 2 fully saturated rings. The van der Waals surface area contributed by atoms with E-state index in [9.17, 15) is 14.4 Å². The first-order valence-electron chi connectivity index (χ1n) is 10.4. The number of rotatable bonds is 4. The third kappa shape index (κ3) is 4.36. The van der Waals surface area contributed by atoms with Crippen molar-refractivity contribution in [3.8, 4) is 5.75 Å². The van der Waals surface area contributed by atoms with Crippen LogP contribution in [0.1, 0.15) is 51.2 Å². The molecule has 1 aliphatic carbocycles. The summed E-state index contributed by atoms with van der Waals surface area (Å²) in [5.41, 5.74) is 0.357. The molecule has 0 radical (unpaired) electrons. The first-order chi connectivity index (χ1) is 14.6. The lowest BCUT2D eigenvalue weighted by molar-refractivity contribution is -0.149. The summed E-state index contributed by atoms with van der Waals surface area (Å²) in [4.78, 5) is 39.2. The molecule has 1 N–H and O–H groups in total. The first-order valence-corrected chi connectivity index (χ1v) is 10.8. The van der Waals surface area contributed by atoms with Gasteiger partial charge in [0.15, 0.2) is 6.79 Å². The highest BCUT2D eigenvalue weighted by Gasteiger charge is 2.56. The van der Waals surface area contributed by atoms with Crippen molar-refractivity contribution in [2.24, 2.45) is 11.3 Å². The number of hydrogen-bond acceptors (Lipinski definition) is 6. The van der Waals surface area contributed by atoms with Crippen LogP contribution in [0.2, 0.25) is 5.02 Å². The fourth-order valence-electron chi connectivity index (χ4n) is 5.35. The minimum atomic E-state index is -0.946. The number of fused-ring (bicyclic) bond motifs is 1. The summed E-state index contributed by atoms with van der Waals surface area (Å²) in [7, 11) is 0. The van der Waals surface area contributed by atoms with Crippen molar-refractivity contribution in [1.29, 1.82) is 0 Å². The number of nitrogens with zero attached hydrogens (tertiary/aromatic N) is 1. The van der Waals surface area contributed by atoms with Gasteiger partial charge in [-0.1, -0.05) is 32.4 Å². The number of amides is 3. The zero-order valence-corrected chi connectivity index (χ0v) is 18.7. The molecule has 1 saturated carbocycles. The highest BCUT2D eigenvalue weighted by molar-refractivity contribution is 6.30. The van der Waals surface area contributed by atoms with Crippen molar-refractivity contribution in [3.05, 3.63) is 28.3 Å². The lowest BCUT2D eigenvalue weighted by Crippen LogP contribution is -2.54. The first kappa shape index (κ1) is 21.9. The number of halogens is 1. The summed E-state index contributed by atoms with van der Waals surface area (Å²) in [5, 5.41) is 3.34. The van der Waals surface area contributed by atoms with Gasteiger partial charge in [-0.3, -0.25) is 14.5 Å². The minimum absolute atomic E-state index is 0.0769. The summed E-state index contributed by atoms with van der Waals surface area (Å²) >= 11 is 6.13. The van der Waals surface area contributed by atoms with Crippen LogP contribution in [0.3, 0.4) is 0 Å². The van der Waals surface area contributed by atoms with Gasteiger partial charge in [-0.25, -0.2) is 4.79 Å². The Morgan fingerprint density at radius 3 is 2.84 bits per heavy atom. The van der Waals surface area contributed by atoms with Crippen LogP contribution < -0.4 is 10.1 Å². The van der Waals surface area contributed by atoms with Crippen LogP contribution >= 0.6 is 11.6 Å². The molecule has 8 nitrogen and oxygen atoms in total. The van der Waals surface area contributed by atoms with Crippen LogP contribution in [0.15, 0.2) is 12.1 Å². The average Bonchev–Trinajstić information content (AvgIpc) is 2.87. The summed E-state index contributed by atoms with van der Waals surface area (Å²) in [5.74, 6) is -0.159. The monoisotopic (exact) mass is 450 g/mol. The van der Waals surface area contributed by atoms with E-state index in [-0.39, 0.29) is 30.6 Å². The van der Waals surface area contributed by atoms with Gasteiger partial charge in [0, 0.05) is 16.1 Å². The second kappa shape index (κ2) is 7.98. The Morgan fingerprint density at radius 2 is 2.10 bits per heavy atom. The average molecular weight is 451 g/mol. The van der Waals surface area contributed by atoms with Gasteiger partial charge in [-0.2, -0.15) is 0 Å². The molecule has 0 aromatic heterocycles. The number of carbonyl (C=O) groups is 3. The number of benzene rings is 1. The van der Waals surface area contributed by atoms with Crippen molar-refractivity contribution in [3.63, 3.8) is 0 Å². The van der Waals surface area contributed by atoms with Gasteiger partial charge in [-0.05, 0) is 42.7 Å². The van der Waals surface area contributed by atoms with Gasteiger partial charge in [0.05, 0.1) is 6.61 Å². The maximum Gasteiger partial charge on any atom is 0.326 e. The number of urea groups is 1. The van der Waals surface area contributed by atoms with E-state index in [0.717, 1.165) is 16.9 Å². The Hall–Kier alpha value is -2.32. The predicted molar refractivity (Wildman–Crippen MR) is 111 cm³/mol. The maximum atomic E-state index is 13.2. The fraction of sp³-hybridized carbons (Fsp3) is 0.591. The Bertz CT molecular complexity index is 933. The molecule has 4 rings (SSSR count). The second-order valence-electron chi connectivity index (χ2n) is 9.58. The highest BCUT2D eigenvalue weighted by atomic mass is 35.5. The number of esters is 1. The Balaban J connectivity index is 1.42. The molecule has 1 aromatic rings. The zero-order chi connectivity index (χ0) is 22.4. The number of ether oxygens (including phenoxy) is 3. The molecule has 9 heteroatoms. The zero-order valence-electron chi connectivity index (χ0n) is 18.0. The summed E-state index contributed by atoms with van der Waals surface area (Å²) in [6.45, 7) is 6.22. The summed E-state index contributed by atoms with van der Waals surface area (Å²) in [6.07, 6.45) is 2.10. The number of carbonyl (C=O) groups excluding carboxylic acids is 3. The molecular formula is C22H27ClN2O6. The molecule has 2 atom stereocenters. The minimum Gasteiger partial charge on any atom is -0.467 e. The van der Waals surface area contributed by atoms with Gasteiger partial charge in [0.25, 0.3) is 5.91 Å². The van der Waals surface area contributed by atoms with Crippen molar-refractivity contribution >= 4 is 29.5 Å². The van der Waals surface area contributed by atoms with E-state index in [2.05, 4.69) is 26.1 Å². The molecule has 1 saturated heterocycles. The Morgan fingerprint density at radius 1 is 1.32 bits per heavy atom. The van der Waals surface area contributed by atoms with Gasteiger partial charge >= 0.3 is 12.0 Å². The summed E-state index contributed by atoms with van der Waals surface area (Å²) in [6, 6.07) is 2.85. The third-order valence-corrected chi connectivity index (χ3v) is 6.27. The molecule has 168 valence electrons. The van der Waals surface area contributed by atoms with E-state index in [0.29, 0.717) is 35.8 Å². The predicted octanol–water partition coefficient (Wildman–Crippen LogP) is 3.39. The van der Waals surface area contributed by atoms with Gasteiger partial charge in [0.2, 0.25) is 0 Å². The fourth-order valence-corrected chi connectivity index (χ4v) is 5.61. The van der Waals surface area contributed by atoms with E-state index < -0.39 is 24.1 Å². The molecule has 0 bridgehead atoms. The normalized spacial score (nSPS) is 27.0.